The van der Waals surface area contributed by atoms with Crippen molar-refractivity contribution in [2.24, 2.45) is 5.41 Å². The van der Waals surface area contributed by atoms with Gasteiger partial charge in [-0.2, -0.15) is 0 Å². The number of fused-ring (bicyclic) bond motifs is 1. The van der Waals surface area contributed by atoms with Crippen LogP contribution in [-0.2, 0) is 0 Å². The van der Waals surface area contributed by atoms with Crippen LogP contribution in [0.2, 0.25) is 0 Å². The van der Waals surface area contributed by atoms with Crippen molar-refractivity contribution in [2.45, 2.75) is 26.2 Å². The van der Waals surface area contributed by atoms with Gasteiger partial charge in [-0.15, -0.1) is 0 Å². The van der Waals surface area contributed by atoms with Crippen molar-refractivity contribution in [3.8, 4) is 11.4 Å². The van der Waals surface area contributed by atoms with Crippen LogP contribution in [0, 0.1) is 12.3 Å². The van der Waals surface area contributed by atoms with Gasteiger partial charge in [0.1, 0.15) is 5.65 Å². The maximum Gasteiger partial charge on any atom is 0.225 e. The first-order chi connectivity index (χ1) is 13.1. The van der Waals surface area contributed by atoms with Gasteiger partial charge in [0.2, 0.25) is 5.95 Å². The molecule has 3 aromatic heterocycles. The first-order valence-electron chi connectivity index (χ1n) is 9.56. The minimum Gasteiger partial charge on any atom is -0.341 e. The third-order valence-electron chi connectivity index (χ3n) is 6.11. The lowest BCUT2D eigenvalue weighted by atomic mass is 9.78. The predicted molar refractivity (Wildman–Crippen MR) is 110 cm³/mol. The van der Waals surface area contributed by atoms with Crippen LogP contribution in [0.5, 0.6) is 0 Å². The highest BCUT2D eigenvalue weighted by Gasteiger charge is 2.37. The molecule has 27 heavy (non-hydrogen) atoms. The van der Waals surface area contributed by atoms with Crippen LogP contribution in [0.4, 0.5) is 5.95 Å². The summed E-state index contributed by atoms with van der Waals surface area (Å²) < 4.78 is 3.10. The van der Waals surface area contributed by atoms with E-state index in [1.54, 1.807) is 0 Å². The van der Waals surface area contributed by atoms with E-state index in [2.05, 4.69) is 47.4 Å². The van der Waals surface area contributed by atoms with Gasteiger partial charge in [-0.3, -0.25) is 4.40 Å². The summed E-state index contributed by atoms with van der Waals surface area (Å²) in [6, 6.07) is 4.01. The topological polar surface area (TPSA) is 58.4 Å². The molecule has 0 unspecified atom stereocenters. The molecule has 1 N–H and O–H groups in total. The number of aryl methyl sites for hydroxylation is 1. The Kier molecular flexibility index (Phi) is 4.16. The molecule has 0 radical (unpaired) electrons. The third-order valence-corrected chi connectivity index (χ3v) is 6.58. The Morgan fingerprint density at radius 2 is 1.96 bits per heavy atom. The Hall–Kier alpha value is -1.99. The van der Waals surface area contributed by atoms with E-state index in [1.807, 2.05) is 30.7 Å². The molecule has 0 aromatic carbocycles. The van der Waals surface area contributed by atoms with Crippen molar-refractivity contribution in [2.75, 3.05) is 31.1 Å². The first kappa shape index (κ1) is 17.1. The van der Waals surface area contributed by atoms with E-state index < -0.39 is 0 Å². The fraction of sp³-hybridized carbons (Fsp3) is 0.450. The van der Waals surface area contributed by atoms with Gasteiger partial charge in [0, 0.05) is 36.5 Å². The van der Waals surface area contributed by atoms with Crippen molar-refractivity contribution < 1.29 is 0 Å². The molecule has 140 valence electrons. The van der Waals surface area contributed by atoms with Crippen molar-refractivity contribution in [1.82, 2.24) is 24.7 Å². The zero-order valence-corrected chi connectivity index (χ0v) is 17.0. The second-order valence-electron chi connectivity index (χ2n) is 7.83. The molecule has 2 aliphatic rings. The zero-order valence-electron chi connectivity index (χ0n) is 15.5. The number of aromatic nitrogens is 4. The minimum atomic E-state index is 0.498. The number of nitrogens with one attached hydrogen (secondary N) is 1. The molecular weight excluding hydrogens is 404 g/mol. The number of piperidine rings is 1. The predicted octanol–water partition coefficient (Wildman–Crippen LogP) is 3.44. The Bertz CT molecular complexity index is 981. The molecule has 0 amide bonds. The monoisotopic (exact) mass is 426 g/mol. The van der Waals surface area contributed by atoms with Gasteiger partial charge >= 0.3 is 0 Å². The van der Waals surface area contributed by atoms with E-state index in [-0.39, 0.29) is 0 Å². The van der Waals surface area contributed by atoms with E-state index in [1.165, 1.54) is 19.3 Å². The number of anilines is 1. The molecule has 0 aliphatic carbocycles. The molecule has 6 nitrogen and oxygen atoms in total. The number of pyridine rings is 1. The third kappa shape index (κ3) is 3.02. The summed E-state index contributed by atoms with van der Waals surface area (Å²) in [5.74, 6) is 0.835. The standard InChI is InChI=1S/C20H23BrN6/c1-14-10-24-19(26-8-5-20(6-9-26)4-7-22-13-20)25-18(14)16-11-23-17-3-2-15(21)12-27(16)17/h2-3,10-12,22H,4-9,13H2,1H3. The molecule has 0 saturated carbocycles. The van der Waals surface area contributed by atoms with Gasteiger partial charge in [0.05, 0.1) is 17.6 Å². The molecule has 7 heteroatoms. The van der Waals surface area contributed by atoms with Crippen LogP contribution in [0.1, 0.15) is 24.8 Å². The summed E-state index contributed by atoms with van der Waals surface area (Å²) in [6.45, 7) is 6.45. The van der Waals surface area contributed by atoms with Gasteiger partial charge in [-0.1, -0.05) is 0 Å². The molecule has 2 aliphatic heterocycles. The van der Waals surface area contributed by atoms with Gasteiger partial charge in [-0.25, -0.2) is 15.0 Å². The minimum absolute atomic E-state index is 0.498. The van der Waals surface area contributed by atoms with E-state index >= 15 is 0 Å². The van der Waals surface area contributed by atoms with Crippen LogP contribution < -0.4 is 10.2 Å². The molecular formula is C20H23BrN6. The fourth-order valence-electron chi connectivity index (χ4n) is 4.38. The number of halogens is 1. The highest BCUT2D eigenvalue weighted by molar-refractivity contribution is 9.10. The lowest BCUT2D eigenvalue weighted by Crippen LogP contribution is -2.42. The summed E-state index contributed by atoms with van der Waals surface area (Å²) in [5.41, 5.74) is 4.43. The average Bonchev–Trinajstić information content (AvgIpc) is 3.30. The number of hydrogen-bond acceptors (Lipinski definition) is 5. The maximum atomic E-state index is 4.96. The van der Waals surface area contributed by atoms with Crippen molar-refractivity contribution >= 4 is 27.5 Å². The Balaban J connectivity index is 1.47. The Morgan fingerprint density at radius 3 is 2.74 bits per heavy atom. The largest absolute Gasteiger partial charge is 0.341 e. The van der Waals surface area contributed by atoms with Crippen LogP contribution in [0.15, 0.2) is 35.2 Å². The summed E-state index contributed by atoms with van der Waals surface area (Å²) in [4.78, 5) is 16.5. The lowest BCUT2D eigenvalue weighted by Gasteiger charge is -2.38. The van der Waals surface area contributed by atoms with Crippen LogP contribution in [0.25, 0.3) is 17.0 Å². The number of nitrogens with zero attached hydrogens (tertiary/aromatic N) is 5. The van der Waals surface area contributed by atoms with Crippen LogP contribution in [-0.4, -0.2) is 45.5 Å². The molecule has 5 heterocycles. The van der Waals surface area contributed by atoms with Gasteiger partial charge in [0.25, 0.3) is 0 Å². The zero-order chi connectivity index (χ0) is 18.4. The summed E-state index contributed by atoms with van der Waals surface area (Å²) in [7, 11) is 0. The number of rotatable bonds is 2. The molecule has 2 saturated heterocycles. The van der Waals surface area contributed by atoms with Crippen LogP contribution in [0.3, 0.4) is 0 Å². The smallest absolute Gasteiger partial charge is 0.225 e. The van der Waals surface area contributed by atoms with Gasteiger partial charge in [0.15, 0.2) is 0 Å². The van der Waals surface area contributed by atoms with E-state index in [9.17, 15) is 0 Å². The Labute approximate surface area is 167 Å². The maximum absolute atomic E-state index is 4.96. The highest BCUT2D eigenvalue weighted by Crippen LogP contribution is 2.38. The molecule has 3 aromatic rings. The lowest BCUT2D eigenvalue weighted by molar-refractivity contribution is 0.246. The normalized spacial score (nSPS) is 19.3. The SMILES string of the molecule is Cc1cnc(N2CCC3(CCNC3)CC2)nc1-c1cnc2ccc(Br)cn12. The second-order valence-corrected chi connectivity index (χ2v) is 8.75. The van der Waals surface area contributed by atoms with Gasteiger partial charge in [-0.05, 0) is 71.8 Å². The van der Waals surface area contributed by atoms with Crippen molar-refractivity contribution in [3.05, 3.63) is 40.8 Å². The number of imidazole rings is 1. The quantitative estimate of drug-likeness (QED) is 0.679. The fourth-order valence-corrected chi connectivity index (χ4v) is 4.71. The van der Waals surface area contributed by atoms with E-state index in [0.29, 0.717) is 5.41 Å². The summed E-state index contributed by atoms with van der Waals surface area (Å²) in [6.07, 6.45) is 9.62. The van der Waals surface area contributed by atoms with E-state index in [4.69, 9.17) is 4.98 Å². The molecule has 5 rings (SSSR count). The van der Waals surface area contributed by atoms with Gasteiger partial charge < -0.3 is 10.2 Å². The Morgan fingerprint density at radius 1 is 1.11 bits per heavy atom. The van der Waals surface area contributed by atoms with E-state index in [0.717, 1.165) is 59.2 Å². The molecule has 1 spiro atoms. The molecule has 2 fully saturated rings. The highest BCUT2D eigenvalue weighted by atomic mass is 79.9. The van der Waals surface area contributed by atoms with Crippen LogP contribution >= 0.6 is 15.9 Å². The first-order valence-corrected chi connectivity index (χ1v) is 10.4. The molecule has 0 atom stereocenters. The van der Waals surface area contributed by atoms with Crippen molar-refractivity contribution in [1.29, 1.82) is 0 Å². The summed E-state index contributed by atoms with van der Waals surface area (Å²) in [5, 5.41) is 3.53. The summed E-state index contributed by atoms with van der Waals surface area (Å²) >= 11 is 3.55. The second kappa shape index (κ2) is 6.56. The van der Waals surface area contributed by atoms with Crippen molar-refractivity contribution in [3.63, 3.8) is 0 Å². The molecule has 0 bridgehead atoms. The number of hydrogen-bond donors (Lipinski definition) is 1. The average molecular weight is 427 g/mol.